The highest BCUT2D eigenvalue weighted by molar-refractivity contribution is 5.57. The number of hydrogen-bond donors (Lipinski definition) is 2. The van der Waals surface area contributed by atoms with Crippen molar-refractivity contribution in [2.24, 2.45) is 0 Å². The van der Waals surface area contributed by atoms with E-state index in [0.29, 0.717) is 24.7 Å². The fourth-order valence-electron chi connectivity index (χ4n) is 2.09. The Hall–Kier alpha value is -1.79. The highest BCUT2D eigenvalue weighted by Gasteiger charge is 2.28. The van der Waals surface area contributed by atoms with E-state index in [1.54, 1.807) is 12.4 Å². The van der Waals surface area contributed by atoms with Gasteiger partial charge in [0.2, 0.25) is 11.7 Å². The first-order valence-corrected chi connectivity index (χ1v) is 5.90. The summed E-state index contributed by atoms with van der Waals surface area (Å²) in [6.45, 7) is 2.54. The molecule has 2 aromatic rings. The van der Waals surface area contributed by atoms with E-state index in [1.807, 2.05) is 13.0 Å². The van der Waals surface area contributed by atoms with Gasteiger partial charge < -0.3 is 14.9 Å². The molecule has 0 saturated carbocycles. The molecular formula is C12H14N4O2. The number of nitrogens with one attached hydrogen (secondary N) is 1. The van der Waals surface area contributed by atoms with Gasteiger partial charge in [-0.25, -0.2) is 0 Å². The molecule has 94 valence electrons. The Morgan fingerprint density at radius 1 is 1.50 bits per heavy atom. The van der Waals surface area contributed by atoms with Gasteiger partial charge in [-0.3, -0.25) is 4.98 Å². The van der Waals surface area contributed by atoms with E-state index >= 15 is 0 Å². The Balaban J connectivity index is 1.88. The van der Waals surface area contributed by atoms with Gasteiger partial charge in [0.15, 0.2) is 0 Å². The van der Waals surface area contributed by atoms with Crippen molar-refractivity contribution in [3.05, 3.63) is 29.9 Å². The number of hydrogen-bond acceptors (Lipinski definition) is 6. The number of β-amino-alcohol motifs (C(OH)–C–C–N with tert-alkyl or cyclic N) is 1. The molecule has 1 fully saturated rings. The molecule has 2 N–H and O–H groups in total. The van der Waals surface area contributed by atoms with E-state index < -0.39 is 0 Å². The summed E-state index contributed by atoms with van der Waals surface area (Å²) in [5.41, 5.74) is 1.92. The van der Waals surface area contributed by atoms with Gasteiger partial charge in [-0.15, -0.1) is 0 Å². The molecule has 6 heteroatoms. The van der Waals surface area contributed by atoms with Crippen LogP contribution in [0.5, 0.6) is 0 Å². The van der Waals surface area contributed by atoms with Crippen LogP contribution in [0, 0.1) is 6.92 Å². The second-order valence-electron chi connectivity index (χ2n) is 4.50. The number of aliphatic hydroxyl groups excluding tert-OH is 1. The zero-order valence-corrected chi connectivity index (χ0v) is 10.00. The molecule has 1 saturated heterocycles. The smallest absolute Gasteiger partial charge is 0.244 e. The van der Waals surface area contributed by atoms with Crippen LogP contribution in [0.2, 0.25) is 0 Å². The highest BCUT2D eigenvalue weighted by atomic mass is 16.5. The Morgan fingerprint density at radius 3 is 3.11 bits per heavy atom. The summed E-state index contributed by atoms with van der Waals surface area (Å²) >= 11 is 0. The lowest BCUT2D eigenvalue weighted by molar-refractivity contribution is 0.191. The van der Waals surface area contributed by atoms with Crippen LogP contribution in [0.4, 0.5) is 0 Å². The largest absolute Gasteiger partial charge is 0.392 e. The minimum atomic E-state index is -0.342. The van der Waals surface area contributed by atoms with Crippen LogP contribution in [0.25, 0.3) is 11.4 Å². The number of aryl methyl sites for hydroxylation is 1. The van der Waals surface area contributed by atoms with Gasteiger partial charge in [-0.2, -0.15) is 4.98 Å². The third-order valence-corrected chi connectivity index (χ3v) is 3.13. The molecule has 18 heavy (non-hydrogen) atoms. The van der Waals surface area contributed by atoms with E-state index in [9.17, 15) is 5.11 Å². The summed E-state index contributed by atoms with van der Waals surface area (Å²) in [5, 5.41) is 16.6. The van der Waals surface area contributed by atoms with E-state index in [4.69, 9.17) is 4.52 Å². The van der Waals surface area contributed by atoms with Gasteiger partial charge in [-0.1, -0.05) is 5.16 Å². The van der Waals surface area contributed by atoms with Crippen molar-refractivity contribution in [3.8, 4) is 11.4 Å². The van der Waals surface area contributed by atoms with Crippen LogP contribution in [-0.4, -0.2) is 32.9 Å². The third-order valence-electron chi connectivity index (χ3n) is 3.13. The zero-order valence-electron chi connectivity index (χ0n) is 10.00. The summed E-state index contributed by atoms with van der Waals surface area (Å²) in [6.07, 6.45) is 3.72. The molecule has 0 radical (unpaired) electrons. The summed E-state index contributed by atoms with van der Waals surface area (Å²) in [7, 11) is 0. The van der Waals surface area contributed by atoms with Crippen molar-refractivity contribution in [3.63, 3.8) is 0 Å². The van der Waals surface area contributed by atoms with E-state index in [2.05, 4.69) is 20.4 Å². The molecule has 0 spiro atoms. The number of nitrogens with zero attached hydrogens (tertiary/aromatic N) is 3. The van der Waals surface area contributed by atoms with Crippen molar-refractivity contribution < 1.29 is 9.63 Å². The van der Waals surface area contributed by atoms with Crippen LogP contribution >= 0.6 is 0 Å². The molecule has 3 rings (SSSR count). The first kappa shape index (κ1) is 11.3. The number of aliphatic hydroxyl groups is 1. The predicted octanol–water partition coefficient (Wildman–Crippen LogP) is 0.835. The highest BCUT2D eigenvalue weighted by Crippen LogP contribution is 2.25. The van der Waals surface area contributed by atoms with Crippen molar-refractivity contribution in [2.75, 3.05) is 6.54 Å². The molecular weight excluding hydrogens is 232 g/mol. The van der Waals surface area contributed by atoms with E-state index in [0.717, 1.165) is 11.1 Å². The SMILES string of the molecule is Cc1ccncc1-c1noc([C@@H]2C[C@H](O)CN2)n1. The van der Waals surface area contributed by atoms with Crippen LogP contribution < -0.4 is 5.32 Å². The maximum absolute atomic E-state index is 9.47. The summed E-state index contributed by atoms with van der Waals surface area (Å²) in [6, 6.07) is 1.85. The molecule has 0 aromatic carbocycles. The monoisotopic (exact) mass is 246 g/mol. The van der Waals surface area contributed by atoms with Crippen LogP contribution in [0.3, 0.4) is 0 Å². The molecule has 0 unspecified atom stereocenters. The summed E-state index contributed by atoms with van der Waals surface area (Å²) < 4.78 is 5.24. The zero-order chi connectivity index (χ0) is 12.5. The van der Waals surface area contributed by atoms with Crippen molar-refractivity contribution in [2.45, 2.75) is 25.5 Å². The van der Waals surface area contributed by atoms with Crippen LogP contribution in [-0.2, 0) is 0 Å². The fraction of sp³-hybridized carbons (Fsp3) is 0.417. The lowest BCUT2D eigenvalue weighted by atomic mass is 10.1. The normalized spacial score (nSPS) is 23.4. The van der Waals surface area contributed by atoms with Crippen molar-refractivity contribution >= 4 is 0 Å². The fourth-order valence-corrected chi connectivity index (χ4v) is 2.09. The summed E-state index contributed by atoms with van der Waals surface area (Å²) in [5.74, 6) is 1.06. The maximum Gasteiger partial charge on any atom is 0.244 e. The van der Waals surface area contributed by atoms with Crippen molar-refractivity contribution in [1.29, 1.82) is 0 Å². The lowest BCUT2D eigenvalue weighted by Crippen LogP contribution is -2.15. The van der Waals surface area contributed by atoms with Crippen molar-refractivity contribution in [1.82, 2.24) is 20.4 Å². The van der Waals surface area contributed by atoms with Gasteiger partial charge in [0.1, 0.15) is 0 Å². The number of rotatable bonds is 2. The van der Waals surface area contributed by atoms with Gasteiger partial charge >= 0.3 is 0 Å². The van der Waals surface area contributed by atoms with E-state index in [1.165, 1.54) is 0 Å². The quantitative estimate of drug-likeness (QED) is 0.816. The maximum atomic E-state index is 9.47. The Kier molecular flexibility index (Phi) is 2.81. The molecule has 1 aliphatic heterocycles. The number of aromatic nitrogens is 3. The molecule has 3 heterocycles. The van der Waals surface area contributed by atoms with Gasteiger partial charge in [0.05, 0.1) is 12.1 Å². The lowest BCUT2D eigenvalue weighted by Gasteiger charge is -2.01. The van der Waals surface area contributed by atoms with Crippen LogP contribution in [0.1, 0.15) is 23.9 Å². The Labute approximate surface area is 104 Å². The van der Waals surface area contributed by atoms with Gasteiger partial charge in [-0.05, 0) is 25.0 Å². The average Bonchev–Trinajstić information content (AvgIpc) is 2.98. The molecule has 0 aliphatic carbocycles. The minimum Gasteiger partial charge on any atom is -0.392 e. The topological polar surface area (TPSA) is 84.1 Å². The molecule has 0 amide bonds. The first-order chi connectivity index (χ1) is 8.74. The molecule has 6 nitrogen and oxygen atoms in total. The molecule has 2 atom stereocenters. The second kappa shape index (κ2) is 4.47. The standard InChI is InChI=1S/C12H14N4O2/c1-7-2-3-13-6-9(7)11-15-12(18-16-11)10-4-8(17)5-14-10/h2-3,6,8,10,14,17H,4-5H2,1H3/t8-,10-/m0/s1. The van der Waals surface area contributed by atoms with Gasteiger partial charge in [0.25, 0.3) is 0 Å². The molecule has 2 aromatic heterocycles. The summed E-state index contributed by atoms with van der Waals surface area (Å²) in [4.78, 5) is 8.43. The van der Waals surface area contributed by atoms with E-state index in [-0.39, 0.29) is 12.1 Å². The Morgan fingerprint density at radius 2 is 2.39 bits per heavy atom. The molecule has 1 aliphatic rings. The predicted molar refractivity (Wildman–Crippen MR) is 63.6 cm³/mol. The first-order valence-electron chi connectivity index (χ1n) is 5.90. The third kappa shape index (κ3) is 2.00. The van der Waals surface area contributed by atoms with Gasteiger partial charge in [0, 0.05) is 24.5 Å². The molecule has 0 bridgehead atoms. The second-order valence-corrected chi connectivity index (χ2v) is 4.50. The number of pyridine rings is 1. The average molecular weight is 246 g/mol. The Bertz CT molecular complexity index is 555. The van der Waals surface area contributed by atoms with Crippen LogP contribution in [0.15, 0.2) is 23.0 Å². The minimum absolute atomic E-state index is 0.0572.